The number of hydrogen-bond acceptors (Lipinski definition) is 3. The van der Waals surface area contributed by atoms with Gasteiger partial charge in [-0.3, -0.25) is 0 Å². The Kier molecular flexibility index (Phi) is 3.88. The molecule has 0 spiro atoms. The van der Waals surface area contributed by atoms with E-state index in [0.29, 0.717) is 0 Å². The maximum Gasteiger partial charge on any atom is 0.211 e. The Morgan fingerprint density at radius 1 is 1.31 bits per heavy atom. The first kappa shape index (κ1) is 12.0. The van der Waals surface area contributed by atoms with Gasteiger partial charge in [0.25, 0.3) is 0 Å². The van der Waals surface area contributed by atoms with Crippen LogP contribution in [0.1, 0.15) is 16.7 Å². The zero-order chi connectivity index (χ0) is 12.1. The van der Waals surface area contributed by atoms with Gasteiger partial charge in [0.2, 0.25) is 5.96 Å². The van der Waals surface area contributed by atoms with Gasteiger partial charge in [0.15, 0.2) is 0 Å². The van der Waals surface area contributed by atoms with Crippen molar-refractivity contribution in [1.29, 1.82) is 0 Å². The molecule has 86 valence electrons. The number of ether oxygens (including phenoxy) is 1. The molecule has 0 aliphatic heterocycles. The fraction of sp³-hybridized carbons (Fsp3) is 0.273. The highest BCUT2D eigenvalue weighted by molar-refractivity contribution is 5.85. The first-order chi connectivity index (χ1) is 7.54. The van der Waals surface area contributed by atoms with E-state index in [-0.39, 0.29) is 5.96 Å². The lowest BCUT2D eigenvalue weighted by Crippen LogP contribution is -2.21. The van der Waals surface area contributed by atoms with E-state index in [1.54, 1.807) is 13.3 Å². The molecule has 0 unspecified atom stereocenters. The fourth-order valence-electron chi connectivity index (χ4n) is 1.52. The van der Waals surface area contributed by atoms with Crippen molar-refractivity contribution in [2.75, 3.05) is 7.11 Å². The average Bonchev–Trinajstić information content (AvgIpc) is 2.16. The summed E-state index contributed by atoms with van der Waals surface area (Å²) in [5, 5.41) is 7.31. The Hall–Kier alpha value is -2.04. The Morgan fingerprint density at radius 2 is 2.00 bits per heavy atom. The SMILES string of the molecule is COc1c(C)cc(C)cc1C=NN=C(N)N. The maximum atomic E-state index is 5.29. The van der Waals surface area contributed by atoms with Gasteiger partial charge >= 0.3 is 0 Å². The smallest absolute Gasteiger partial charge is 0.211 e. The van der Waals surface area contributed by atoms with Gasteiger partial charge in [0.05, 0.1) is 13.3 Å². The van der Waals surface area contributed by atoms with Crippen LogP contribution in [0.15, 0.2) is 22.3 Å². The number of methoxy groups -OCH3 is 1. The van der Waals surface area contributed by atoms with Crippen LogP contribution in [0.3, 0.4) is 0 Å². The van der Waals surface area contributed by atoms with Crippen molar-refractivity contribution in [3.8, 4) is 5.75 Å². The van der Waals surface area contributed by atoms with Crippen molar-refractivity contribution in [2.45, 2.75) is 13.8 Å². The van der Waals surface area contributed by atoms with Crippen molar-refractivity contribution in [3.05, 3.63) is 28.8 Å². The number of guanidine groups is 1. The van der Waals surface area contributed by atoms with Crippen LogP contribution in [0.2, 0.25) is 0 Å². The van der Waals surface area contributed by atoms with Crippen molar-refractivity contribution < 1.29 is 4.74 Å². The molecule has 0 aliphatic rings. The van der Waals surface area contributed by atoms with E-state index in [9.17, 15) is 0 Å². The standard InChI is InChI=1S/C11H16N4O/c1-7-4-8(2)10(16-3)9(5-7)6-14-15-11(12)13/h4-6H,1-3H3,(H4,12,13,15). The largest absolute Gasteiger partial charge is 0.496 e. The topological polar surface area (TPSA) is 86.0 Å². The summed E-state index contributed by atoms with van der Waals surface area (Å²) >= 11 is 0. The highest BCUT2D eigenvalue weighted by Crippen LogP contribution is 2.23. The summed E-state index contributed by atoms with van der Waals surface area (Å²) in [7, 11) is 1.62. The molecule has 0 atom stereocenters. The molecule has 0 aromatic heterocycles. The zero-order valence-corrected chi connectivity index (χ0v) is 9.69. The van der Waals surface area contributed by atoms with Gasteiger partial charge in [0.1, 0.15) is 5.75 Å². The number of benzene rings is 1. The second-order valence-electron chi connectivity index (χ2n) is 3.47. The molecule has 0 fully saturated rings. The summed E-state index contributed by atoms with van der Waals surface area (Å²) in [6, 6.07) is 3.99. The average molecular weight is 220 g/mol. The van der Waals surface area contributed by atoms with Gasteiger partial charge in [-0.1, -0.05) is 6.07 Å². The lowest BCUT2D eigenvalue weighted by molar-refractivity contribution is 0.411. The normalized spacial score (nSPS) is 10.4. The molecule has 0 bridgehead atoms. The van der Waals surface area contributed by atoms with E-state index in [4.69, 9.17) is 16.2 Å². The van der Waals surface area contributed by atoms with Gasteiger partial charge in [-0.25, -0.2) is 0 Å². The van der Waals surface area contributed by atoms with Crippen LogP contribution in [-0.2, 0) is 0 Å². The molecule has 0 saturated carbocycles. The summed E-state index contributed by atoms with van der Waals surface area (Å²) < 4.78 is 5.29. The van der Waals surface area contributed by atoms with Crippen molar-refractivity contribution >= 4 is 12.2 Å². The van der Waals surface area contributed by atoms with Crippen LogP contribution in [0.5, 0.6) is 5.75 Å². The van der Waals surface area contributed by atoms with Gasteiger partial charge in [-0.2, -0.15) is 5.10 Å². The van der Waals surface area contributed by atoms with Gasteiger partial charge in [0, 0.05) is 5.56 Å². The summed E-state index contributed by atoms with van der Waals surface area (Å²) in [6.07, 6.45) is 1.57. The van der Waals surface area contributed by atoms with Crippen LogP contribution in [0, 0.1) is 13.8 Å². The minimum Gasteiger partial charge on any atom is -0.496 e. The molecule has 5 nitrogen and oxygen atoms in total. The summed E-state index contributed by atoms with van der Waals surface area (Å²) in [5.41, 5.74) is 13.4. The minimum atomic E-state index is -0.0698. The Morgan fingerprint density at radius 3 is 2.56 bits per heavy atom. The molecule has 0 amide bonds. The van der Waals surface area contributed by atoms with Gasteiger partial charge in [-0.15, -0.1) is 5.10 Å². The third-order valence-corrected chi connectivity index (χ3v) is 2.02. The molecule has 0 saturated heterocycles. The molecule has 0 aliphatic carbocycles. The molecule has 1 aromatic carbocycles. The van der Waals surface area contributed by atoms with E-state index in [2.05, 4.69) is 10.2 Å². The van der Waals surface area contributed by atoms with Crippen molar-refractivity contribution in [3.63, 3.8) is 0 Å². The maximum absolute atomic E-state index is 5.29. The molecule has 5 heteroatoms. The quantitative estimate of drug-likeness (QED) is 0.451. The van der Waals surface area contributed by atoms with Gasteiger partial charge in [-0.05, 0) is 31.0 Å². The number of nitrogens with two attached hydrogens (primary N) is 2. The molecule has 1 aromatic rings. The third-order valence-electron chi connectivity index (χ3n) is 2.02. The minimum absolute atomic E-state index is 0.0698. The fourth-order valence-corrected chi connectivity index (χ4v) is 1.52. The first-order valence-electron chi connectivity index (χ1n) is 4.81. The lowest BCUT2D eigenvalue weighted by Gasteiger charge is -2.08. The van der Waals surface area contributed by atoms with Crippen molar-refractivity contribution in [1.82, 2.24) is 0 Å². The second kappa shape index (κ2) is 5.16. The summed E-state index contributed by atoms with van der Waals surface area (Å²) in [5.74, 6) is 0.708. The number of nitrogens with zero attached hydrogens (tertiary/aromatic N) is 2. The second-order valence-corrected chi connectivity index (χ2v) is 3.47. The van der Waals surface area contributed by atoms with Crippen LogP contribution in [-0.4, -0.2) is 19.3 Å². The van der Waals surface area contributed by atoms with E-state index >= 15 is 0 Å². The van der Waals surface area contributed by atoms with E-state index < -0.39 is 0 Å². The van der Waals surface area contributed by atoms with Crippen molar-refractivity contribution in [2.24, 2.45) is 21.7 Å². The van der Waals surface area contributed by atoms with Crippen LogP contribution >= 0.6 is 0 Å². The van der Waals surface area contributed by atoms with E-state index in [1.807, 2.05) is 26.0 Å². The highest BCUT2D eigenvalue weighted by Gasteiger charge is 2.05. The predicted octanol–water partition coefficient (Wildman–Crippen LogP) is 0.919. The third kappa shape index (κ3) is 2.98. The molecule has 0 radical (unpaired) electrons. The Balaban J connectivity index is 3.12. The lowest BCUT2D eigenvalue weighted by atomic mass is 10.1. The van der Waals surface area contributed by atoms with Crippen LogP contribution in [0.4, 0.5) is 0 Å². The predicted molar refractivity (Wildman–Crippen MR) is 65.9 cm³/mol. The zero-order valence-electron chi connectivity index (χ0n) is 9.69. The first-order valence-corrected chi connectivity index (χ1v) is 4.81. The molecule has 0 heterocycles. The van der Waals surface area contributed by atoms with E-state index in [1.165, 1.54) is 0 Å². The van der Waals surface area contributed by atoms with Gasteiger partial charge < -0.3 is 16.2 Å². The molecular weight excluding hydrogens is 204 g/mol. The number of rotatable bonds is 3. The molecule has 1 rings (SSSR count). The van der Waals surface area contributed by atoms with Crippen LogP contribution in [0.25, 0.3) is 0 Å². The Labute approximate surface area is 94.8 Å². The summed E-state index contributed by atoms with van der Waals surface area (Å²) in [6.45, 7) is 3.98. The summed E-state index contributed by atoms with van der Waals surface area (Å²) in [4.78, 5) is 0. The highest BCUT2D eigenvalue weighted by atomic mass is 16.5. The molecule has 4 N–H and O–H groups in total. The Bertz CT molecular complexity index is 434. The van der Waals surface area contributed by atoms with Crippen LogP contribution < -0.4 is 16.2 Å². The number of aryl methyl sites for hydroxylation is 2. The molecular formula is C11H16N4O. The monoisotopic (exact) mass is 220 g/mol. The van der Waals surface area contributed by atoms with E-state index in [0.717, 1.165) is 22.4 Å². The number of hydrogen-bond donors (Lipinski definition) is 2. The molecule has 16 heavy (non-hydrogen) atoms.